The first-order chi connectivity index (χ1) is 11.1. The van der Waals surface area contributed by atoms with Gasteiger partial charge < -0.3 is 15.5 Å². The van der Waals surface area contributed by atoms with Crippen LogP contribution >= 0.6 is 0 Å². The topological polar surface area (TPSA) is 44.4 Å². The maximum atomic E-state index is 12.0. The van der Waals surface area contributed by atoms with Crippen LogP contribution < -0.4 is 15.5 Å². The smallest absolute Gasteiger partial charge is 0.323 e. The van der Waals surface area contributed by atoms with Crippen LogP contribution in [0, 0.1) is 5.92 Å². The molecule has 0 heterocycles. The number of urea groups is 1. The van der Waals surface area contributed by atoms with Crippen molar-refractivity contribution in [3.8, 4) is 0 Å². The SMILES string of the molecule is CCN(CC)c1ccc(NC(=O)N/C=C(\C)C2CCCC2)cc1. The molecule has 0 radical (unpaired) electrons. The average Bonchev–Trinajstić information content (AvgIpc) is 3.10. The predicted molar refractivity (Wildman–Crippen MR) is 97.9 cm³/mol. The third-order valence-corrected chi connectivity index (χ3v) is 4.68. The zero-order chi connectivity index (χ0) is 16.7. The molecule has 1 aliphatic rings. The Labute approximate surface area is 140 Å². The number of carbonyl (C=O) groups excluding carboxylic acids is 1. The molecule has 4 nitrogen and oxygen atoms in total. The van der Waals surface area contributed by atoms with E-state index in [4.69, 9.17) is 0 Å². The molecule has 0 saturated heterocycles. The Morgan fingerprint density at radius 3 is 2.35 bits per heavy atom. The van der Waals surface area contributed by atoms with Crippen LogP contribution in [0.4, 0.5) is 16.2 Å². The Bertz CT molecular complexity index is 526. The minimum Gasteiger partial charge on any atom is -0.372 e. The summed E-state index contributed by atoms with van der Waals surface area (Å²) in [4.78, 5) is 14.3. The number of rotatable bonds is 6. The molecule has 0 bridgehead atoms. The fourth-order valence-electron chi connectivity index (χ4n) is 3.19. The van der Waals surface area contributed by atoms with Crippen molar-refractivity contribution in [1.82, 2.24) is 5.32 Å². The molecule has 2 amide bonds. The monoisotopic (exact) mass is 315 g/mol. The quantitative estimate of drug-likeness (QED) is 0.795. The lowest BCUT2D eigenvalue weighted by Crippen LogP contribution is -2.25. The first-order valence-corrected chi connectivity index (χ1v) is 8.73. The van der Waals surface area contributed by atoms with Crippen LogP contribution in [0.1, 0.15) is 46.5 Å². The maximum absolute atomic E-state index is 12.0. The summed E-state index contributed by atoms with van der Waals surface area (Å²) >= 11 is 0. The van der Waals surface area contributed by atoms with Crippen molar-refractivity contribution >= 4 is 17.4 Å². The minimum absolute atomic E-state index is 0.182. The maximum Gasteiger partial charge on any atom is 0.323 e. The standard InChI is InChI=1S/C19H29N3O/c1-4-22(5-2)18-12-10-17(11-13-18)21-19(23)20-14-15(3)16-8-6-7-9-16/h10-14,16H,4-9H2,1-3H3,(H2,20,21,23)/b15-14+. The number of allylic oxidation sites excluding steroid dienone is 1. The highest BCUT2D eigenvalue weighted by atomic mass is 16.2. The molecule has 0 aliphatic heterocycles. The number of hydrogen-bond acceptors (Lipinski definition) is 2. The van der Waals surface area contributed by atoms with E-state index in [1.165, 1.54) is 36.9 Å². The normalized spacial score (nSPS) is 15.5. The number of amides is 2. The van der Waals surface area contributed by atoms with Crippen LogP contribution in [0.3, 0.4) is 0 Å². The molecule has 1 aromatic rings. The highest BCUT2D eigenvalue weighted by Gasteiger charge is 2.16. The van der Waals surface area contributed by atoms with Gasteiger partial charge >= 0.3 is 6.03 Å². The Kier molecular flexibility index (Phi) is 6.51. The van der Waals surface area contributed by atoms with Gasteiger partial charge in [0, 0.05) is 30.7 Å². The predicted octanol–water partition coefficient (Wildman–Crippen LogP) is 4.75. The Morgan fingerprint density at radius 2 is 1.78 bits per heavy atom. The van der Waals surface area contributed by atoms with Gasteiger partial charge in [0.05, 0.1) is 0 Å². The van der Waals surface area contributed by atoms with Crippen molar-refractivity contribution in [2.24, 2.45) is 5.92 Å². The number of nitrogens with one attached hydrogen (secondary N) is 2. The minimum atomic E-state index is -0.182. The zero-order valence-electron chi connectivity index (χ0n) is 14.6. The summed E-state index contributed by atoms with van der Waals surface area (Å²) in [5.74, 6) is 0.642. The second-order valence-electron chi connectivity index (χ2n) is 6.19. The summed E-state index contributed by atoms with van der Waals surface area (Å²) in [5, 5.41) is 5.72. The van der Waals surface area contributed by atoms with Gasteiger partial charge in [-0.1, -0.05) is 18.4 Å². The van der Waals surface area contributed by atoms with Crippen LogP contribution in [0.25, 0.3) is 0 Å². The van der Waals surface area contributed by atoms with Crippen molar-refractivity contribution in [3.63, 3.8) is 0 Å². The van der Waals surface area contributed by atoms with Gasteiger partial charge in [0.25, 0.3) is 0 Å². The highest BCUT2D eigenvalue weighted by Crippen LogP contribution is 2.30. The number of benzene rings is 1. The molecule has 4 heteroatoms. The molecular formula is C19H29N3O. The van der Waals surface area contributed by atoms with E-state index < -0.39 is 0 Å². The van der Waals surface area contributed by atoms with Gasteiger partial charge in [-0.05, 0) is 63.8 Å². The van der Waals surface area contributed by atoms with E-state index in [0.717, 1.165) is 18.8 Å². The van der Waals surface area contributed by atoms with E-state index in [2.05, 4.69) is 36.3 Å². The largest absolute Gasteiger partial charge is 0.372 e. The van der Waals surface area contributed by atoms with E-state index in [1.54, 1.807) is 0 Å². The average molecular weight is 315 g/mol. The van der Waals surface area contributed by atoms with Crippen LogP contribution in [0.2, 0.25) is 0 Å². The van der Waals surface area contributed by atoms with Gasteiger partial charge in [-0.3, -0.25) is 0 Å². The summed E-state index contributed by atoms with van der Waals surface area (Å²) < 4.78 is 0. The van der Waals surface area contributed by atoms with Gasteiger partial charge in [0.15, 0.2) is 0 Å². The fraction of sp³-hybridized carbons (Fsp3) is 0.526. The molecule has 2 rings (SSSR count). The molecule has 1 fully saturated rings. The third kappa shape index (κ3) is 5.02. The summed E-state index contributed by atoms with van der Waals surface area (Å²) in [6.45, 7) is 8.35. The summed E-state index contributed by atoms with van der Waals surface area (Å²) in [6, 6.07) is 7.80. The van der Waals surface area contributed by atoms with Gasteiger partial charge in [-0.15, -0.1) is 0 Å². The van der Waals surface area contributed by atoms with Gasteiger partial charge in [-0.2, -0.15) is 0 Å². The molecule has 0 atom stereocenters. The Hall–Kier alpha value is -1.97. The molecule has 2 N–H and O–H groups in total. The fourth-order valence-corrected chi connectivity index (χ4v) is 3.19. The highest BCUT2D eigenvalue weighted by molar-refractivity contribution is 5.90. The Balaban J connectivity index is 1.86. The van der Waals surface area contributed by atoms with E-state index in [0.29, 0.717) is 5.92 Å². The molecule has 0 spiro atoms. The number of hydrogen-bond donors (Lipinski definition) is 2. The number of carbonyl (C=O) groups is 1. The molecule has 1 aromatic carbocycles. The summed E-state index contributed by atoms with van der Waals surface area (Å²) in [7, 11) is 0. The lowest BCUT2D eigenvalue weighted by atomic mass is 10.0. The lowest BCUT2D eigenvalue weighted by Gasteiger charge is -2.21. The molecular weight excluding hydrogens is 286 g/mol. The molecule has 23 heavy (non-hydrogen) atoms. The number of nitrogens with zero attached hydrogens (tertiary/aromatic N) is 1. The van der Waals surface area contributed by atoms with Crippen LogP contribution in [-0.2, 0) is 0 Å². The second kappa shape index (κ2) is 8.61. The lowest BCUT2D eigenvalue weighted by molar-refractivity contribution is 0.255. The van der Waals surface area contributed by atoms with Crippen molar-refractivity contribution in [3.05, 3.63) is 36.0 Å². The van der Waals surface area contributed by atoms with Crippen molar-refractivity contribution in [1.29, 1.82) is 0 Å². The molecule has 1 aliphatic carbocycles. The van der Waals surface area contributed by atoms with E-state index in [-0.39, 0.29) is 6.03 Å². The van der Waals surface area contributed by atoms with Crippen molar-refractivity contribution in [2.75, 3.05) is 23.3 Å². The third-order valence-electron chi connectivity index (χ3n) is 4.68. The van der Waals surface area contributed by atoms with Crippen molar-refractivity contribution < 1.29 is 4.79 Å². The van der Waals surface area contributed by atoms with Gasteiger partial charge in [0.1, 0.15) is 0 Å². The molecule has 1 saturated carbocycles. The summed E-state index contributed by atoms with van der Waals surface area (Å²) in [6.07, 6.45) is 6.97. The molecule has 126 valence electrons. The van der Waals surface area contributed by atoms with Crippen molar-refractivity contribution in [2.45, 2.75) is 46.5 Å². The first-order valence-electron chi connectivity index (χ1n) is 8.73. The van der Waals surface area contributed by atoms with E-state index in [9.17, 15) is 4.79 Å². The second-order valence-corrected chi connectivity index (χ2v) is 6.19. The van der Waals surface area contributed by atoms with Crippen LogP contribution in [0.5, 0.6) is 0 Å². The van der Waals surface area contributed by atoms with Gasteiger partial charge in [0.2, 0.25) is 0 Å². The number of anilines is 2. The van der Waals surface area contributed by atoms with Crippen LogP contribution in [-0.4, -0.2) is 19.1 Å². The van der Waals surface area contributed by atoms with Gasteiger partial charge in [-0.25, -0.2) is 4.79 Å². The summed E-state index contributed by atoms with van der Waals surface area (Å²) in [5.41, 5.74) is 3.26. The zero-order valence-corrected chi connectivity index (χ0v) is 14.6. The first kappa shape index (κ1) is 17.4. The van der Waals surface area contributed by atoms with E-state index in [1.807, 2.05) is 30.5 Å². The molecule has 0 unspecified atom stereocenters. The Morgan fingerprint density at radius 1 is 1.17 bits per heavy atom. The molecule has 0 aromatic heterocycles. The van der Waals surface area contributed by atoms with Crippen LogP contribution in [0.15, 0.2) is 36.0 Å². The van der Waals surface area contributed by atoms with E-state index >= 15 is 0 Å².